The number of ether oxygens (including phenoxy) is 3. The van der Waals surface area contributed by atoms with Crippen LogP contribution in [0.2, 0.25) is 0 Å². The van der Waals surface area contributed by atoms with Crippen LogP contribution in [0.1, 0.15) is 28.4 Å². The molecule has 0 bridgehead atoms. The van der Waals surface area contributed by atoms with Crippen LogP contribution in [0.5, 0.6) is 23.0 Å². The number of allylic oxidation sites excluding steroid dienone is 1. The summed E-state index contributed by atoms with van der Waals surface area (Å²) in [7, 11) is 2.97. The van der Waals surface area contributed by atoms with Crippen molar-refractivity contribution in [2.24, 2.45) is 5.10 Å². The number of hydrazone groups is 1. The smallest absolute Gasteiger partial charge is 0.259 e. The van der Waals surface area contributed by atoms with Crippen molar-refractivity contribution < 1.29 is 28.9 Å². The highest BCUT2D eigenvalue weighted by Gasteiger charge is 2.12. The number of hydrogen-bond acceptors (Lipinski definition) is 7. The van der Waals surface area contributed by atoms with Gasteiger partial charge in [-0.2, -0.15) is 5.10 Å². The van der Waals surface area contributed by atoms with Crippen LogP contribution >= 0.6 is 0 Å². The molecule has 0 aliphatic rings. The number of hydrogen-bond donors (Lipinski definition) is 3. The Kier molecular flexibility index (Phi) is 9.09. The van der Waals surface area contributed by atoms with Crippen molar-refractivity contribution in [1.29, 1.82) is 0 Å². The van der Waals surface area contributed by atoms with Gasteiger partial charge in [-0.15, -0.1) is 6.58 Å². The third kappa shape index (κ3) is 6.49. The van der Waals surface area contributed by atoms with Crippen LogP contribution in [0.15, 0.2) is 48.1 Å². The molecule has 32 heavy (non-hydrogen) atoms. The minimum Gasteiger partial charge on any atom is -0.504 e. The van der Waals surface area contributed by atoms with Gasteiger partial charge in [-0.1, -0.05) is 6.08 Å². The Bertz CT molecular complexity index is 1000. The molecule has 0 spiro atoms. The van der Waals surface area contributed by atoms with Crippen LogP contribution in [0.25, 0.3) is 0 Å². The molecule has 0 heterocycles. The number of amides is 2. The second-order valence-electron chi connectivity index (χ2n) is 6.50. The number of phenols is 1. The largest absolute Gasteiger partial charge is 0.504 e. The summed E-state index contributed by atoms with van der Waals surface area (Å²) in [6, 6.07) is 8.01. The molecule has 0 unspecified atom stereocenters. The molecular weight excluding hydrogens is 414 g/mol. The molecule has 2 aromatic carbocycles. The Labute approximate surface area is 186 Å². The average Bonchev–Trinajstić information content (AvgIpc) is 2.80. The Balaban J connectivity index is 1.96. The molecule has 2 aromatic rings. The van der Waals surface area contributed by atoms with Crippen LogP contribution in [0.3, 0.4) is 0 Å². The van der Waals surface area contributed by atoms with E-state index >= 15 is 0 Å². The average molecular weight is 441 g/mol. The number of benzene rings is 2. The molecule has 2 rings (SSSR count). The zero-order chi connectivity index (χ0) is 23.5. The third-order valence-corrected chi connectivity index (χ3v) is 4.30. The lowest BCUT2D eigenvalue weighted by atomic mass is 10.1. The first-order chi connectivity index (χ1) is 15.4. The molecule has 0 fully saturated rings. The first-order valence-corrected chi connectivity index (χ1v) is 9.85. The fourth-order valence-corrected chi connectivity index (χ4v) is 2.80. The van der Waals surface area contributed by atoms with E-state index in [0.29, 0.717) is 47.0 Å². The fraction of sp³-hybridized carbons (Fsp3) is 0.261. The summed E-state index contributed by atoms with van der Waals surface area (Å²) in [6.45, 7) is 5.60. The summed E-state index contributed by atoms with van der Waals surface area (Å²) < 4.78 is 15.7. The van der Waals surface area contributed by atoms with E-state index in [1.54, 1.807) is 30.3 Å². The SMILES string of the molecule is C=CCc1cc(/C=N/NC(=O)CNC(=O)c2ccc(OC)c(OC)c2)cc(OCC)c1O. The number of nitrogens with zero attached hydrogens (tertiary/aromatic N) is 1. The first-order valence-electron chi connectivity index (χ1n) is 9.85. The molecule has 9 heteroatoms. The highest BCUT2D eigenvalue weighted by molar-refractivity contribution is 5.97. The van der Waals surface area contributed by atoms with Gasteiger partial charge in [0.1, 0.15) is 0 Å². The Morgan fingerprint density at radius 2 is 1.88 bits per heavy atom. The summed E-state index contributed by atoms with van der Waals surface area (Å²) in [5.74, 6) is 0.316. The van der Waals surface area contributed by atoms with E-state index < -0.39 is 11.8 Å². The molecule has 0 saturated carbocycles. The molecule has 0 saturated heterocycles. The van der Waals surface area contributed by atoms with Crippen molar-refractivity contribution in [2.45, 2.75) is 13.3 Å². The number of aromatic hydroxyl groups is 1. The number of nitrogens with one attached hydrogen (secondary N) is 2. The van der Waals surface area contributed by atoms with Gasteiger partial charge >= 0.3 is 0 Å². The summed E-state index contributed by atoms with van der Waals surface area (Å²) in [5.41, 5.74) is 3.91. The number of methoxy groups -OCH3 is 2. The lowest BCUT2D eigenvalue weighted by molar-refractivity contribution is -0.120. The molecule has 3 N–H and O–H groups in total. The summed E-state index contributed by atoms with van der Waals surface area (Å²) >= 11 is 0. The highest BCUT2D eigenvalue weighted by atomic mass is 16.5. The van der Waals surface area contributed by atoms with Gasteiger partial charge in [-0.25, -0.2) is 5.43 Å². The molecule has 170 valence electrons. The van der Waals surface area contributed by atoms with Gasteiger partial charge in [0.15, 0.2) is 23.0 Å². The normalized spacial score (nSPS) is 10.5. The predicted octanol–water partition coefficient (Wildman–Crippen LogP) is 2.42. The topological polar surface area (TPSA) is 118 Å². The van der Waals surface area contributed by atoms with E-state index in [0.717, 1.165) is 0 Å². The number of carbonyl (C=O) groups excluding carboxylic acids is 2. The molecule has 2 amide bonds. The molecule has 0 aliphatic heterocycles. The molecule has 0 radical (unpaired) electrons. The van der Waals surface area contributed by atoms with Gasteiger partial charge in [0.25, 0.3) is 11.8 Å². The van der Waals surface area contributed by atoms with Crippen molar-refractivity contribution in [3.63, 3.8) is 0 Å². The van der Waals surface area contributed by atoms with Gasteiger partial charge in [0.2, 0.25) is 0 Å². The quantitative estimate of drug-likeness (QED) is 0.280. The van der Waals surface area contributed by atoms with E-state index in [1.807, 2.05) is 6.92 Å². The van der Waals surface area contributed by atoms with Gasteiger partial charge in [-0.3, -0.25) is 9.59 Å². The van der Waals surface area contributed by atoms with E-state index in [2.05, 4.69) is 22.4 Å². The summed E-state index contributed by atoms with van der Waals surface area (Å²) in [5, 5.41) is 16.6. The van der Waals surface area contributed by atoms with Crippen LogP contribution in [-0.4, -0.2) is 50.5 Å². The molecule has 0 atom stereocenters. The van der Waals surface area contributed by atoms with Crippen LogP contribution in [0.4, 0.5) is 0 Å². The molecular formula is C23H27N3O6. The van der Waals surface area contributed by atoms with Gasteiger partial charge in [0, 0.05) is 11.1 Å². The zero-order valence-electron chi connectivity index (χ0n) is 18.3. The Morgan fingerprint density at radius 1 is 1.12 bits per heavy atom. The first kappa shape index (κ1) is 24.3. The van der Waals surface area contributed by atoms with Gasteiger partial charge < -0.3 is 24.6 Å². The second-order valence-corrected chi connectivity index (χ2v) is 6.50. The van der Waals surface area contributed by atoms with Crippen molar-refractivity contribution in [3.05, 3.63) is 59.7 Å². The van der Waals surface area contributed by atoms with Crippen molar-refractivity contribution >= 4 is 18.0 Å². The summed E-state index contributed by atoms with van der Waals surface area (Å²) in [4.78, 5) is 24.3. The zero-order valence-corrected chi connectivity index (χ0v) is 18.3. The molecule has 0 aromatic heterocycles. The summed E-state index contributed by atoms with van der Waals surface area (Å²) in [6.07, 6.45) is 3.53. The minimum atomic E-state index is -0.509. The second kappa shape index (κ2) is 12.0. The van der Waals surface area contributed by atoms with Gasteiger partial charge in [-0.05, 0) is 49.2 Å². The maximum absolute atomic E-state index is 12.3. The Hall–Kier alpha value is -4.01. The monoisotopic (exact) mass is 441 g/mol. The maximum atomic E-state index is 12.3. The van der Waals surface area contributed by atoms with E-state index in [4.69, 9.17) is 14.2 Å². The Morgan fingerprint density at radius 3 is 2.53 bits per heavy atom. The fourth-order valence-electron chi connectivity index (χ4n) is 2.80. The van der Waals surface area contributed by atoms with E-state index in [9.17, 15) is 14.7 Å². The van der Waals surface area contributed by atoms with Crippen molar-refractivity contribution in [1.82, 2.24) is 10.7 Å². The van der Waals surface area contributed by atoms with Crippen LogP contribution < -0.4 is 25.0 Å². The lowest BCUT2D eigenvalue weighted by Gasteiger charge is -2.11. The minimum absolute atomic E-state index is 0.0470. The maximum Gasteiger partial charge on any atom is 0.259 e. The number of rotatable bonds is 11. The number of carbonyl (C=O) groups is 2. The van der Waals surface area contributed by atoms with Gasteiger partial charge in [0.05, 0.1) is 33.6 Å². The molecule has 9 nitrogen and oxygen atoms in total. The lowest BCUT2D eigenvalue weighted by Crippen LogP contribution is -2.34. The van der Waals surface area contributed by atoms with E-state index in [-0.39, 0.29) is 12.3 Å². The standard InChI is InChI=1S/C23H27N3O6/c1-5-7-16-10-15(11-20(22(16)28)32-6-2)13-25-26-21(27)14-24-23(29)17-8-9-18(30-3)19(12-17)31-4/h5,8-13,28H,1,6-7,14H2,2-4H3,(H,24,29)(H,26,27)/b25-13+. The third-order valence-electron chi connectivity index (χ3n) is 4.30. The van der Waals surface area contributed by atoms with Crippen LogP contribution in [-0.2, 0) is 11.2 Å². The predicted molar refractivity (Wildman–Crippen MR) is 121 cm³/mol. The van der Waals surface area contributed by atoms with E-state index in [1.165, 1.54) is 26.5 Å². The molecule has 0 aliphatic carbocycles. The number of phenolic OH excluding ortho intramolecular Hbond substituents is 1. The van der Waals surface area contributed by atoms with Crippen molar-refractivity contribution in [2.75, 3.05) is 27.4 Å². The van der Waals surface area contributed by atoms with Crippen molar-refractivity contribution in [3.8, 4) is 23.0 Å². The van der Waals surface area contributed by atoms with Crippen LogP contribution in [0, 0.1) is 0 Å². The highest BCUT2D eigenvalue weighted by Crippen LogP contribution is 2.32.